The van der Waals surface area contributed by atoms with Gasteiger partial charge < -0.3 is 14.2 Å². The Morgan fingerprint density at radius 3 is 2.12 bits per heavy atom. The van der Waals surface area contributed by atoms with Crippen LogP contribution in [0.5, 0.6) is 5.75 Å². The summed E-state index contributed by atoms with van der Waals surface area (Å²) in [7, 11) is 2.80. The largest absolute Gasteiger partial charge is 0.496 e. The molecule has 258 valence electrons. The van der Waals surface area contributed by atoms with E-state index in [1.165, 1.54) is 26.0 Å². The summed E-state index contributed by atoms with van der Waals surface area (Å²) in [6, 6.07) is 14.5. The Morgan fingerprint density at radius 1 is 0.898 bits per heavy atom. The van der Waals surface area contributed by atoms with E-state index in [4.69, 9.17) is 19.2 Å². The van der Waals surface area contributed by atoms with E-state index in [-0.39, 0.29) is 12.6 Å². The maximum Gasteiger partial charge on any atom is 0.416 e. The Hall–Kier alpha value is -4.34. The predicted molar refractivity (Wildman–Crippen MR) is 176 cm³/mol. The standard InChI is InChI=1S/C35H29F6IN2O5/c1-18-11-21(32(45)48-4)5-8-26(18)20-6-10-30(47-3)28(14-20)27-9-7-25(16-42)43-29(27)17-44-19(2)31(49-33(44)46)22-12-23(34(36,37)38)15-24(13-22)35(39,40)41/h5-15,19,31H,16-17H2,1-4H3/t19-,31-/m0/s1. The van der Waals surface area contributed by atoms with Crippen molar-refractivity contribution in [1.82, 2.24) is 9.88 Å². The normalized spacial score (nSPS) is 16.5. The van der Waals surface area contributed by atoms with Crippen molar-refractivity contribution in [3.05, 3.63) is 106 Å². The first kappa shape index (κ1) is 36.0. The highest BCUT2D eigenvalue weighted by Gasteiger charge is 2.43. The van der Waals surface area contributed by atoms with Crippen LogP contribution in [0.15, 0.2) is 66.7 Å². The van der Waals surface area contributed by atoms with Gasteiger partial charge in [-0.25, -0.2) is 9.59 Å². The number of hydrogen-bond donors (Lipinski definition) is 0. The minimum atomic E-state index is -5.06. The molecule has 1 aromatic heterocycles. The second-order valence-electron chi connectivity index (χ2n) is 11.4. The molecule has 4 aromatic rings. The van der Waals surface area contributed by atoms with Gasteiger partial charge in [-0.3, -0.25) is 9.88 Å². The van der Waals surface area contributed by atoms with Gasteiger partial charge in [0.1, 0.15) is 11.9 Å². The highest BCUT2D eigenvalue weighted by atomic mass is 127. The van der Waals surface area contributed by atoms with Gasteiger partial charge >= 0.3 is 24.4 Å². The van der Waals surface area contributed by atoms with Crippen molar-refractivity contribution in [2.75, 3.05) is 14.2 Å². The lowest BCUT2D eigenvalue weighted by Crippen LogP contribution is -2.32. The van der Waals surface area contributed by atoms with Gasteiger partial charge in [0.05, 0.1) is 54.9 Å². The van der Waals surface area contributed by atoms with Crippen LogP contribution >= 0.6 is 22.6 Å². The zero-order valence-corrected chi connectivity index (χ0v) is 28.7. The number of esters is 1. The molecule has 2 atom stereocenters. The molecule has 2 heterocycles. The summed E-state index contributed by atoms with van der Waals surface area (Å²) in [5, 5.41) is 0. The SMILES string of the molecule is COC(=O)c1ccc(-c2ccc(OC)c(-c3ccc(CI)nc3CN3C(=O)O[C@H](c4cc(C(F)(F)F)cc(C(F)(F)F)c4)[C@@H]3C)c2)c(C)c1. The van der Waals surface area contributed by atoms with Gasteiger partial charge in [0.15, 0.2) is 0 Å². The summed E-state index contributed by atoms with van der Waals surface area (Å²) in [4.78, 5) is 31.3. The number of alkyl halides is 7. The molecule has 1 aliphatic heterocycles. The molecule has 0 N–H and O–H groups in total. The van der Waals surface area contributed by atoms with Gasteiger partial charge in [-0.2, -0.15) is 26.3 Å². The molecule has 0 unspecified atom stereocenters. The maximum absolute atomic E-state index is 13.6. The minimum Gasteiger partial charge on any atom is -0.496 e. The summed E-state index contributed by atoms with van der Waals surface area (Å²) in [5.74, 6) is 0.0123. The van der Waals surface area contributed by atoms with Crippen molar-refractivity contribution >= 4 is 34.7 Å². The Bertz CT molecular complexity index is 1880. The van der Waals surface area contributed by atoms with Crippen LogP contribution in [0.2, 0.25) is 0 Å². The topological polar surface area (TPSA) is 78.0 Å². The first-order chi connectivity index (χ1) is 23.0. The highest BCUT2D eigenvalue weighted by molar-refractivity contribution is 14.1. The molecule has 1 amide bonds. The number of aromatic nitrogens is 1. The fourth-order valence-electron chi connectivity index (χ4n) is 5.77. The van der Waals surface area contributed by atoms with E-state index in [9.17, 15) is 35.9 Å². The molecule has 3 aromatic carbocycles. The molecule has 7 nitrogen and oxygen atoms in total. The molecule has 0 bridgehead atoms. The van der Waals surface area contributed by atoms with Gasteiger partial charge in [-0.1, -0.05) is 40.8 Å². The monoisotopic (exact) mass is 798 g/mol. The number of nitrogens with zero attached hydrogens (tertiary/aromatic N) is 2. The average molecular weight is 799 g/mol. The van der Waals surface area contributed by atoms with Crippen LogP contribution in [0, 0.1) is 6.92 Å². The van der Waals surface area contributed by atoms with Crippen molar-refractivity contribution in [1.29, 1.82) is 0 Å². The third-order valence-corrected chi connectivity index (χ3v) is 9.05. The maximum atomic E-state index is 13.6. The number of carbonyl (C=O) groups excluding carboxylic acids is 2. The lowest BCUT2D eigenvalue weighted by molar-refractivity contribution is -0.143. The van der Waals surface area contributed by atoms with Gasteiger partial charge in [-0.15, -0.1) is 0 Å². The van der Waals surface area contributed by atoms with Gasteiger partial charge in [0.25, 0.3) is 0 Å². The Balaban J connectivity index is 1.55. The van der Waals surface area contributed by atoms with Crippen LogP contribution < -0.4 is 4.74 Å². The number of amides is 1. The van der Waals surface area contributed by atoms with Crippen molar-refractivity contribution in [3.8, 4) is 28.0 Å². The summed E-state index contributed by atoms with van der Waals surface area (Å²) in [6.45, 7) is 3.18. The van der Waals surface area contributed by atoms with E-state index >= 15 is 0 Å². The van der Waals surface area contributed by atoms with E-state index < -0.39 is 53.3 Å². The van der Waals surface area contributed by atoms with E-state index in [2.05, 4.69) is 22.6 Å². The summed E-state index contributed by atoms with van der Waals surface area (Å²) in [6.07, 6.45) is -12.5. The van der Waals surface area contributed by atoms with Crippen LogP contribution in [0.3, 0.4) is 0 Å². The van der Waals surface area contributed by atoms with E-state index in [0.29, 0.717) is 50.4 Å². The first-order valence-electron chi connectivity index (χ1n) is 14.7. The van der Waals surface area contributed by atoms with Crippen LogP contribution in [-0.4, -0.2) is 42.2 Å². The second-order valence-corrected chi connectivity index (χ2v) is 12.1. The van der Waals surface area contributed by atoms with Gasteiger partial charge in [0.2, 0.25) is 0 Å². The molecule has 0 radical (unpaired) electrons. The molecule has 1 fully saturated rings. The average Bonchev–Trinajstić information content (AvgIpc) is 3.35. The van der Waals surface area contributed by atoms with Crippen LogP contribution in [-0.2, 0) is 32.8 Å². The third-order valence-electron chi connectivity index (χ3n) is 8.27. The quantitative estimate of drug-likeness (QED) is 0.0766. The van der Waals surface area contributed by atoms with Crippen LogP contribution in [0.25, 0.3) is 22.3 Å². The van der Waals surface area contributed by atoms with Crippen molar-refractivity contribution in [3.63, 3.8) is 0 Å². The van der Waals surface area contributed by atoms with Crippen LogP contribution in [0.1, 0.15) is 57.0 Å². The molecular weight excluding hydrogens is 769 g/mol. The minimum absolute atomic E-state index is 0.0327. The fourth-order valence-corrected chi connectivity index (χ4v) is 6.19. The summed E-state index contributed by atoms with van der Waals surface area (Å²) >= 11 is 2.13. The smallest absolute Gasteiger partial charge is 0.416 e. The first-order valence-corrected chi connectivity index (χ1v) is 16.3. The van der Waals surface area contributed by atoms with E-state index in [1.807, 2.05) is 31.2 Å². The number of rotatable bonds is 8. The second kappa shape index (κ2) is 13.9. The number of halogens is 7. The summed E-state index contributed by atoms with van der Waals surface area (Å²) in [5.41, 5.74) is 1.66. The Kier molecular flexibility index (Phi) is 10.2. The number of aryl methyl sites for hydroxylation is 1. The van der Waals surface area contributed by atoms with Crippen LogP contribution in [0.4, 0.5) is 31.1 Å². The molecule has 1 aliphatic rings. The number of hydrogen-bond acceptors (Lipinski definition) is 6. The lowest BCUT2D eigenvalue weighted by atomic mass is 9.93. The Morgan fingerprint density at radius 2 is 1.55 bits per heavy atom. The fraction of sp³-hybridized carbons (Fsp3) is 0.286. The zero-order chi connectivity index (χ0) is 35.8. The molecule has 1 saturated heterocycles. The molecule has 5 rings (SSSR count). The highest BCUT2D eigenvalue weighted by Crippen LogP contribution is 2.42. The van der Waals surface area contributed by atoms with Gasteiger partial charge in [-0.05, 0) is 84.6 Å². The molecule has 0 spiro atoms. The van der Waals surface area contributed by atoms with Crippen molar-refractivity contribution < 1.29 is 50.1 Å². The molecule has 0 aliphatic carbocycles. The number of ether oxygens (including phenoxy) is 3. The summed E-state index contributed by atoms with van der Waals surface area (Å²) < 4.78 is 98.0. The van der Waals surface area contributed by atoms with E-state index in [0.717, 1.165) is 16.7 Å². The van der Waals surface area contributed by atoms with Crippen molar-refractivity contribution in [2.45, 2.75) is 49.3 Å². The molecule has 49 heavy (non-hydrogen) atoms. The molecular formula is C35H29F6IN2O5. The third kappa shape index (κ3) is 7.48. The number of benzene rings is 3. The lowest BCUT2D eigenvalue weighted by Gasteiger charge is -2.23. The molecule has 0 saturated carbocycles. The van der Waals surface area contributed by atoms with Crippen molar-refractivity contribution in [2.24, 2.45) is 0 Å². The number of methoxy groups -OCH3 is 2. The number of cyclic esters (lactones) is 1. The Labute approximate surface area is 291 Å². The van der Waals surface area contributed by atoms with Gasteiger partial charge in [0, 0.05) is 15.6 Å². The zero-order valence-electron chi connectivity index (χ0n) is 26.5. The number of pyridine rings is 1. The predicted octanol–water partition coefficient (Wildman–Crippen LogP) is 9.57. The molecule has 14 heteroatoms. The number of carbonyl (C=O) groups is 2. The van der Waals surface area contributed by atoms with E-state index in [1.54, 1.807) is 24.3 Å².